The van der Waals surface area contributed by atoms with Gasteiger partial charge in [-0.05, 0) is 18.6 Å². The van der Waals surface area contributed by atoms with Crippen molar-refractivity contribution >= 4 is 5.69 Å². The fourth-order valence-electron chi connectivity index (χ4n) is 1.19. The summed E-state index contributed by atoms with van der Waals surface area (Å²) in [5.41, 5.74) is 0.999. The van der Waals surface area contributed by atoms with Gasteiger partial charge >= 0.3 is 0 Å². The summed E-state index contributed by atoms with van der Waals surface area (Å²) < 4.78 is 0. The van der Waals surface area contributed by atoms with Gasteiger partial charge in [-0.15, -0.1) is 0 Å². The molecule has 1 aromatic heterocycles. The van der Waals surface area contributed by atoms with E-state index in [0.29, 0.717) is 0 Å². The van der Waals surface area contributed by atoms with Crippen LogP contribution >= 0.6 is 0 Å². The maximum absolute atomic E-state index is 4.42. The van der Waals surface area contributed by atoms with Crippen molar-refractivity contribution in [2.75, 3.05) is 6.54 Å². The molecule has 1 aromatic rings. The van der Waals surface area contributed by atoms with Crippen LogP contribution in [0, 0.1) is 0 Å². The molecular formula is C11H17N2. The molecule has 0 N–H and O–H groups in total. The molecule has 0 unspecified atom stereocenters. The van der Waals surface area contributed by atoms with Crippen LogP contribution in [0.2, 0.25) is 0 Å². The van der Waals surface area contributed by atoms with Crippen LogP contribution in [0.3, 0.4) is 0 Å². The van der Waals surface area contributed by atoms with Gasteiger partial charge in [0.2, 0.25) is 0 Å². The van der Waals surface area contributed by atoms with Gasteiger partial charge in [-0.1, -0.05) is 26.2 Å². The molecule has 0 bridgehead atoms. The number of rotatable bonds is 6. The van der Waals surface area contributed by atoms with Crippen molar-refractivity contribution in [3.8, 4) is 0 Å². The lowest BCUT2D eigenvalue weighted by molar-refractivity contribution is 0.644. The molecule has 71 valence electrons. The molecular weight excluding hydrogens is 160 g/mol. The Morgan fingerprint density at radius 1 is 1.31 bits per heavy atom. The SMILES string of the molecule is CCCCCC[N]c1cccnc1. The summed E-state index contributed by atoms with van der Waals surface area (Å²) in [5, 5.41) is 4.42. The van der Waals surface area contributed by atoms with Crippen LogP contribution in [-0.4, -0.2) is 11.5 Å². The van der Waals surface area contributed by atoms with Gasteiger partial charge in [0, 0.05) is 12.7 Å². The van der Waals surface area contributed by atoms with Gasteiger partial charge in [0.05, 0.1) is 11.9 Å². The minimum Gasteiger partial charge on any atom is -0.284 e. The summed E-state index contributed by atoms with van der Waals surface area (Å²) >= 11 is 0. The fourth-order valence-corrected chi connectivity index (χ4v) is 1.19. The van der Waals surface area contributed by atoms with Gasteiger partial charge in [-0.25, -0.2) is 0 Å². The summed E-state index contributed by atoms with van der Waals surface area (Å²) in [6.07, 6.45) is 8.67. The van der Waals surface area contributed by atoms with Gasteiger partial charge in [0.25, 0.3) is 0 Å². The second-order valence-electron chi connectivity index (χ2n) is 3.15. The fraction of sp³-hybridized carbons (Fsp3) is 0.545. The first kappa shape index (κ1) is 10.0. The number of pyridine rings is 1. The largest absolute Gasteiger partial charge is 0.284 e. The molecule has 2 heteroatoms. The summed E-state index contributed by atoms with van der Waals surface area (Å²) in [7, 11) is 0. The van der Waals surface area contributed by atoms with E-state index in [0.717, 1.165) is 12.2 Å². The second-order valence-corrected chi connectivity index (χ2v) is 3.15. The molecule has 0 aliphatic heterocycles. The zero-order valence-corrected chi connectivity index (χ0v) is 8.24. The van der Waals surface area contributed by atoms with E-state index in [9.17, 15) is 0 Å². The van der Waals surface area contributed by atoms with Crippen molar-refractivity contribution in [3.63, 3.8) is 0 Å². The molecule has 13 heavy (non-hydrogen) atoms. The predicted octanol–water partition coefficient (Wildman–Crippen LogP) is 2.90. The van der Waals surface area contributed by atoms with Crippen LogP contribution in [0.4, 0.5) is 5.69 Å². The lowest BCUT2D eigenvalue weighted by atomic mass is 10.2. The molecule has 1 radical (unpaired) electrons. The first-order chi connectivity index (χ1) is 6.43. The minimum atomic E-state index is 0.936. The Balaban J connectivity index is 2.07. The number of aromatic nitrogens is 1. The third kappa shape index (κ3) is 4.51. The van der Waals surface area contributed by atoms with Crippen molar-refractivity contribution in [3.05, 3.63) is 24.5 Å². The van der Waals surface area contributed by atoms with E-state index < -0.39 is 0 Å². The third-order valence-electron chi connectivity index (χ3n) is 1.95. The molecule has 0 aromatic carbocycles. The zero-order valence-electron chi connectivity index (χ0n) is 8.24. The Morgan fingerprint density at radius 2 is 2.23 bits per heavy atom. The molecule has 0 amide bonds. The van der Waals surface area contributed by atoms with Crippen molar-refractivity contribution in [1.29, 1.82) is 0 Å². The highest BCUT2D eigenvalue weighted by atomic mass is 14.9. The smallest absolute Gasteiger partial charge is 0.0757 e. The average molecular weight is 177 g/mol. The zero-order chi connectivity index (χ0) is 9.36. The van der Waals surface area contributed by atoms with Crippen LogP contribution in [0.5, 0.6) is 0 Å². The van der Waals surface area contributed by atoms with Crippen LogP contribution in [0.25, 0.3) is 0 Å². The number of nitrogens with zero attached hydrogens (tertiary/aromatic N) is 2. The summed E-state index contributed by atoms with van der Waals surface area (Å²) in [4.78, 5) is 4.01. The van der Waals surface area contributed by atoms with E-state index in [-0.39, 0.29) is 0 Å². The first-order valence-corrected chi connectivity index (χ1v) is 5.01. The summed E-state index contributed by atoms with van der Waals surface area (Å²) in [6, 6.07) is 3.91. The quantitative estimate of drug-likeness (QED) is 0.614. The monoisotopic (exact) mass is 177 g/mol. The molecule has 1 heterocycles. The Morgan fingerprint density at radius 3 is 2.92 bits per heavy atom. The number of hydrogen-bond acceptors (Lipinski definition) is 1. The molecule has 0 spiro atoms. The molecule has 0 saturated carbocycles. The maximum atomic E-state index is 4.42. The molecule has 1 rings (SSSR count). The Labute approximate surface area is 80.4 Å². The Hall–Kier alpha value is -1.05. The number of unbranched alkanes of at least 4 members (excludes halogenated alkanes) is 3. The van der Waals surface area contributed by atoms with Crippen molar-refractivity contribution in [1.82, 2.24) is 10.3 Å². The van der Waals surface area contributed by atoms with E-state index >= 15 is 0 Å². The lowest BCUT2D eigenvalue weighted by Gasteiger charge is -2.01. The highest BCUT2D eigenvalue weighted by molar-refractivity contribution is 5.30. The van der Waals surface area contributed by atoms with Crippen LogP contribution < -0.4 is 5.32 Å². The van der Waals surface area contributed by atoms with Gasteiger partial charge in [-0.3, -0.25) is 10.3 Å². The van der Waals surface area contributed by atoms with Gasteiger partial charge in [0.1, 0.15) is 0 Å². The Bertz CT molecular complexity index is 209. The van der Waals surface area contributed by atoms with E-state index in [4.69, 9.17) is 0 Å². The summed E-state index contributed by atoms with van der Waals surface area (Å²) in [5.74, 6) is 0. The first-order valence-electron chi connectivity index (χ1n) is 5.01. The van der Waals surface area contributed by atoms with Crippen molar-refractivity contribution in [2.45, 2.75) is 32.6 Å². The third-order valence-corrected chi connectivity index (χ3v) is 1.95. The van der Waals surface area contributed by atoms with Crippen molar-refractivity contribution < 1.29 is 0 Å². The highest BCUT2D eigenvalue weighted by Gasteiger charge is 1.91. The molecule has 0 saturated heterocycles. The van der Waals surface area contributed by atoms with E-state index in [1.807, 2.05) is 12.1 Å². The lowest BCUT2D eigenvalue weighted by Crippen LogP contribution is -1.99. The topological polar surface area (TPSA) is 27.0 Å². The average Bonchev–Trinajstić information content (AvgIpc) is 2.19. The molecule has 0 fully saturated rings. The molecule has 2 nitrogen and oxygen atoms in total. The van der Waals surface area contributed by atoms with Crippen LogP contribution in [0.1, 0.15) is 32.6 Å². The number of hydrogen-bond donors (Lipinski definition) is 0. The van der Waals surface area contributed by atoms with E-state index in [1.54, 1.807) is 12.4 Å². The van der Waals surface area contributed by atoms with Crippen LogP contribution in [0.15, 0.2) is 24.5 Å². The minimum absolute atomic E-state index is 0.936. The summed E-state index contributed by atoms with van der Waals surface area (Å²) in [6.45, 7) is 3.16. The van der Waals surface area contributed by atoms with Gasteiger partial charge in [-0.2, -0.15) is 0 Å². The van der Waals surface area contributed by atoms with E-state index in [1.165, 1.54) is 25.7 Å². The molecule has 0 aliphatic rings. The maximum Gasteiger partial charge on any atom is 0.0757 e. The van der Waals surface area contributed by atoms with Crippen LogP contribution in [-0.2, 0) is 0 Å². The second kappa shape index (κ2) is 6.46. The van der Waals surface area contributed by atoms with E-state index in [2.05, 4.69) is 17.2 Å². The predicted molar refractivity (Wildman–Crippen MR) is 55.0 cm³/mol. The van der Waals surface area contributed by atoms with Gasteiger partial charge < -0.3 is 0 Å². The molecule has 0 aliphatic carbocycles. The Kier molecular flexibility index (Phi) is 4.99. The highest BCUT2D eigenvalue weighted by Crippen LogP contribution is 2.04. The van der Waals surface area contributed by atoms with Gasteiger partial charge in [0.15, 0.2) is 0 Å². The molecule has 0 atom stereocenters. The normalized spacial score (nSPS) is 9.92. The van der Waals surface area contributed by atoms with Crippen molar-refractivity contribution in [2.24, 2.45) is 0 Å². The standard InChI is InChI=1S/C11H17N2/c1-2-3-4-5-9-13-11-7-6-8-12-10-11/h6-8,10H,2-5,9H2,1H3.